The molecule has 1 aromatic rings. The fraction of sp³-hybridized carbons (Fsp3) is 0.417. The number of likely N-dealkylation sites (tertiary alicyclic amines) is 1. The molecule has 6 nitrogen and oxygen atoms in total. The molecule has 3 heterocycles. The van der Waals surface area contributed by atoms with Gasteiger partial charge in [-0.15, -0.1) is 0 Å². The molecule has 2 aliphatic rings. The Labute approximate surface area is 104 Å². The summed E-state index contributed by atoms with van der Waals surface area (Å²) in [5.41, 5.74) is 1.44. The highest BCUT2D eigenvalue weighted by molar-refractivity contribution is 5.67. The van der Waals surface area contributed by atoms with Gasteiger partial charge in [0, 0.05) is 25.3 Å². The van der Waals surface area contributed by atoms with Crippen molar-refractivity contribution < 1.29 is 9.90 Å². The van der Waals surface area contributed by atoms with Gasteiger partial charge in [0.15, 0.2) is 0 Å². The number of hydrogen-bond donors (Lipinski definition) is 1. The number of pyridine rings is 1. The van der Waals surface area contributed by atoms with E-state index in [2.05, 4.69) is 16.0 Å². The molecule has 2 aliphatic heterocycles. The van der Waals surface area contributed by atoms with E-state index < -0.39 is 6.09 Å². The van der Waals surface area contributed by atoms with E-state index in [9.17, 15) is 4.79 Å². The number of hydrogen-bond acceptors (Lipinski definition) is 4. The highest BCUT2D eigenvalue weighted by Gasteiger charge is 2.45. The molecule has 0 aromatic carbocycles. The Balaban J connectivity index is 1.82. The van der Waals surface area contributed by atoms with Crippen molar-refractivity contribution in [3.05, 3.63) is 24.0 Å². The zero-order valence-electron chi connectivity index (χ0n) is 9.65. The molecule has 0 spiro atoms. The van der Waals surface area contributed by atoms with Crippen molar-refractivity contribution in [1.29, 1.82) is 5.26 Å². The molecule has 1 amide bonds. The minimum Gasteiger partial charge on any atom is -0.465 e. The van der Waals surface area contributed by atoms with Crippen molar-refractivity contribution in [2.75, 3.05) is 18.0 Å². The SMILES string of the molecule is N#Cc1cncc(N2C[C@H]3C[C@@H]2CN3C(=O)O)c1. The molecular formula is C12H12N4O2. The van der Waals surface area contributed by atoms with Crippen LogP contribution >= 0.6 is 0 Å². The van der Waals surface area contributed by atoms with Crippen molar-refractivity contribution in [2.24, 2.45) is 0 Å². The quantitative estimate of drug-likeness (QED) is 0.793. The van der Waals surface area contributed by atoms with Crippen LogP contribution in [0.15, 0.2) is 18.5 Å². The molecule has 1 N–H and O–H groups in total. The second-order valence-electron chi connectivity index (χ2n) is 4.67. The van der Waals surface area contributed by atoms with Crippen LogP contribution in [0.5, 0.6) is 0 Å². The Bertz CT molecular complexity index is 539. The molecule has 92 valence electrons. The van der Waals surface area contributed by atoms with E-state index in [0.29, 0.717) is 18.7 Å². The minimum atomic E-state index is -0.842. The van der Waals surface area contributed by atoms with Gasteiger partial charge in [0.1, 0.15) is 6.07 Å². The molecule has 0 unspecified atom stereocenters. The van der Waals surface area contributed by atoms with Crippen LogP contribution in [0.2, 0.25) is 0 Å². The van der Waals surface area contributed by atoms with Gasteiger partial charge in [0.05, 0.1) is 23.5 Å². The molecule has 3 rings (SSSR count). The largest absolute Gasteiger partial charge is 0.465 e. The molecule has 0 saturated carbocycles. The Hall–Kier alpha value is -2.29. The highest BCUT2D eigenvalue weighted by Crippen LogP contribution is 2.34. The molecule has 1 aromatic heterocycles. The van der Waals surface area contributed by atoms with Gasteiger partial charge in [0.25, 0.3) is 0 Å². The number of piperazine rings is 1. The zero-order chi connectivity index (χ0) is 12.7. The van der Waals surface area contributed by atoms with E-state index in [0.717, 1.165) is 12.1 Å². The summed E-state index contributed by atoms with van der Waals surface area (Å²) in [4.78, 5) is 18.7. The van der Waals surface area contributed by atoms with Crippen molar-refractivity contribution in [3.63, 3.8) is 0 Å². The van der Waals surface area contributed by atoms with Crippen LogP contribution in [0.4, 0.5) is 10.5 Å². The van der Waals surface area contributed by atoms with Crippen LogP contribution in [0.25, 0.3) is 0 Å². The summed E-state index contributed by atoms with van der Waals surface area (Å²) in [6, 6.07) is 4.15. The van der Waals surface area contributed by atoms with Gasteiger partial charge in [-0.3, -0.25) is 4.98 Å². The van der Waals surface area contributed by atoms with Crippen molar-refractivity contribution in [1.82, 2.24) is 9.88 Å². The summed E-state index contributed by atoms with van der Waals surface area (Å²) in [5.74, 6) is 0. The fourth-order valence-electron chi connectivity index (χ4n) is 2.86. The number of carbonyl (C=O) groups is 1. The van der Waals surface area contributed by atoms with Gasteiger partial charge in [0.2, 0.25) is 0 Å². The topological polar surface area (TPSA) is 80.5 Å². The lowest BCUT2D eigenvalue weighted by Gasteiger charge is -2.33. The number of anilines is 1. The second-order valence-corrected chi connectivity index (χ2v) is 4.67. The van der Waals surface area contributed by atoms with Gasteiger partial charge < -0.3 is 14.9 Å². The monoisotopic (exact) mass is 244 g/mol. The summed E-state index contributed by atoms with van der Waals surface area (Å²) in [6.07, 6.45) is 3.28. The maximum atomic E-state index is 11.0. The van der Waals surface area contributed by atoms with Gasteiger partial charge >= 0.3 is 6.09 Å². The molecule has 0 aliphatic carbocycles. The highest BCUT2D eigenvalue weighted by atomic mass is 16.4. The van der Waals surface area contributed by atoms with Crippen LogP contribution in [-0.4, -0.2) is 46.3 Å². The molecule has 2 atom stereocenters. The van der Waals surface area contributed by atoms with E-state index in [1.807, 2.05) is 0 Å². The number of aromatic nitrogens is 1. The Morgan fingerprint density at radius 3 is 2.89 bits per heavy atom. The van der Waals surface area contributed by atoms with Gasteiger partial charge in [-0.1, -0.05) is 0 Å². The minimum absolute atomic E-state index is 0.0678. The first-order valence-electron chi connectivity index (χ1n) is 5.80. The Kier molecular flexibility index (Phi) is 2.33. The van der Waals surface area contributed by atoms with E-state index in [1.54, 1.807) is 12.3 Å². The smallest absolute Gasteiger partial charge is 0.407 e. The maximum Gasteiger partial charge on any atom is 0.407 e. The molecule has 2 bridgehead atoms. The number of fused-ring (bicyclic) bond motifs is 2. The average molecular weight is 244 g/mol. The van der Waals surface area contributed by atoms with Gasteiger partial charge in [-0.05, 0) is 12.5 Å². The average Bonchev–Trinajstić information content (AvgIpc) is 2.98. The van der Waals surface area contributed by atoms with E-state index in [-0.39, 0.29) is 12.1 Å². The summed E-state index contributed by atoms with van der Waals surface area (Å²) in [7, 11) is 0. The van der Waals surface area contributed by atoms with Gasteiger partial charge in [-0.2, -0.15) is 5.26 Å². The maximum absolute atomic E-state index is 11.0. The van der Waals surface area contributed by atoms with Crippen LogP contribution in [0.1, 0.15) is 12.0 Å². The molecule has 0 radical (unpaired) electrons. The summed E-state index contributed by atoms with van der Waals surface area (Å²) in [5, 5.41) is 17.9. The van der Waals surface area contributed by atoms with E-state index in [1.165, 1.54) is 11.1 Å². The van der Waals surface area contributed by atoms with Gasteiger partial charge in [-0.25, -0.2) is 4.79 Å². The number of rotatable bonds is 1. The van der Waals surface area contributed by atoms with E-state index in [4.69, 9.17) is 10.4 Å². The third kappa shape index (κ3) is 1.56. The molecule has 2 saturated heterocycles. The van der Waals surface area contributed by atoms with Crippen molar-refractivity contribution in [2.45, 2.75) is 18.5 Å². The van der Waals surface area contributed by atoms with Crippen molar-refractivity contribution >= 4 is 11.8 Å². The predicted octanol–water partition coefficient (Wildman–Crippen LogP) is 0.894. The lowest BCUT2D eigenvalue weighted by atomic mass is 10.2. The number of nitriles is 1. The summed E-state index contributed by atoms with van der Waals surface area (Å²) in [6.45, 7) is 1.23. The lowest BCUT2D eigenvalue weighted by molar-refractivity contribution is 0.137. The number of nitrogens with zero attached hydrogens (tertiary/aromatic N) is 4. The molecule has 2 fully saturated rings. The molecular weight excluding hydrogens is 232 g/mol. The summed E-state index contributed by atoms with van der Waals surface area (Å²) >= 11 is 0. The lowest BCUT2D eigenvalue weighted by Crippen LogP contribution is -2.48. The van der Waals surface area contributed by atoms with Crippen LogP contribution < -0.4 is 4.90 Å². The Morgan fingerprint density at radius 2 is 2.28 bits per heavy atom. The predicted molar refractivity (Wildman–Crippen MR) is 63.2 cm³/mol. The van der Waals surface area contributed by atoms with Crippen LogP contribution in [0.3, 0.4) is 0 Å². The van der Waals surface area contributed by atoms with Crippen LogP contribution in [0, 0.1) is 11.3 Å². The van der Waals surface area contributed by atoms with E-state index >= 15 is 0 Å². The zero-order valence-corrected chi connectivity index (χ0v) is 9.65. The normalized spacial score (nSPS) is 25.3. The first-order valence-corrected chi connectivity index (χ1v) is 5.80. The van der Waals surface area contributed by atoms with Crippen LogP contribution in [-0.2, 0) is 0 Å². The fourth-order valence-corrected chi connectivity index (χ4v) is 2.86. The number of amides is 1. The first kappa shape index (κ1) is 10.8. The third-order valence-corrected chi connectivity index (χ3v) is 3.67. The van der Waals surface area contributed by atoms with Crippen molar-refractivity contribution in [3.8, 4) is 6.07 Å². The first-order chi connectivity index (χ1) is 8.69. The number of carboxylic acid groups (broad SMARTS) is 1. The summed E-state index contributed by atoms with van der Waals surface area (Å²) < 4.78 is 0. The molecule has 18 heavy (non-hydrogen) atoms. The molecule has 6 heteroatoms. The second kappa shape index (κ2) is 3.88. The Morgan fingerprint density at radius 1 is 1.44 bits per heavy atom. The standard InChI is InChI=1S/C12H12N4O2/c13-3-8-1-9(5-14-4-8)15-6-11-2-10(15)7-16(11)12(17)18/h1,4-5,10-11H,2,6-7H2,(H,17,18)/t10-,11-/m1/s1. The third-order valence-electron chi connectivity index (χ3n) is 3.67.